The van der Waals surface area contributed by atoms with Gasteiger partial charge in [-0.25, -0.2) is 0 Å². The largest absolute Gasteiger partial charge is 0.143 e. The molecule has 0 saturated carbocycles. The van der Waals surface area contributed by atoms with E-state index in [0.717, 1.165) is 16.1 Å². The Balaban J connectivity index is 2.08. The summed E-state index contributed by atoms with van der Waals surface area (Å²) in [4.78, 5) is 0. The predicted octanol–water partition coefficient (Wildman–Crippen LogP) is 6.19. The van der Waals surface area contributed by atoms with Gasteiger partial charge in [-0.1, -0.05) is 41.9 Å². The highest BCUT2D eigenvalue weighted by Gasteiger charge is 2.15. The first-order valence-electron chi connectivity index (χ1n) is 6.03. The third-order valence-corrected chi connectivity index (χ3v) is 5.15. The van der Waals surface area contributed by atoms with E-state index in [4.69, 9.17) is 23.2 Å². The van der Waals surface area contributed by atoms with E-state index in [1.165, 1.54) is 15.6 Å². The summed E-state index contributed by atoms with van der Waals surface area (Å²) in [5.41, 5.74) is 3.32. The molecule has 96 valence electrons. The molecule has 3 heteroatoms. The van der Waals surface area contributed by atoms with Gasteiger partial charge in [0.2, 0.25) is 0 Å². The van der Waals surface area contributed by atoms with Gasteiger partial charge in [0.25, 0.3) is 0 Å². The van der Waals surface area contributed by atoms with Crippen LogP contribution in [0.4, 0.5) is 0 Å². The van der Waals surface area contributed by atoms with Gasteiger partial charge in [-0.15, -0.1) is 22.9 Å². The quantitative estimate of drug-likeness (QED) is 0.495. The van der Waals surface area contributed by atoms with Crippen molar-refractivity contribution in [2.24, 2.45) is 0 Å². The van der Waals surface area contributed by atoms with Crippen molar-refractivity contribution in [3.05, 3.63) is 69.6 Å². The second-order valence-electron chi connectivity index (χ2n) is 4.56. The number of thiophene rings is 1. The first kappa shape index (κ1) is 13.0. The maximum Gasteiger partial charge on any atom is 0.0849 e. The minimum absolute atomic E-state index is 0.132. The number of rotatable bonds is 2. The summed E-state index contributed by atoms with van der Waals surface area (Å²) >= 11 is 14.4. The molecule has 0 N–H and O–H groups in total. The molecular formula is C16H12Cl2S. The number of fused-ring (bicyclic) bond motifs is 1. The zero-order valence-corrected chi connectivity index (χ0v) is 12.7. The van der Waals surface area contributed by atoms with Gasteiger partial charge in [0.1, 0.15) is 0 Å². The summed E-state index contributed by atoms with van der Waals surface area (Å²) in [5, 5.41) is 4.03. The summed E-state index contributed by atoms with van der Waals surface area (Å²) in [5.74, 6) is 0. The van der Waals surface area contributed by atoms with Crippen molar-refractivity contribution in [2.45, 2.75) is 12.3 Å². The Bertz CT molecular complexity index is 730. The topological polar surface area (TPSA) is 0 Å². The van der Waals surface area contributed by atoms with Crippen molar-refractivity contribution in [3.8, 4) is 0 Å². The Morgan fingerprint density at radius 2 is 1.89 bits per heavy atom. The minimum Gasteiger partial charge on any atom is -0.143 e. The molecule has 0 aliphatic carbocycles. The molecule has 0 spiro atoms. The molecule has 0 amide bonds. The van der Waals surface area contributed by atoms with Crippen LogP contribution in [0.3, 0.4) is 0 Å². The first-order valence-corrected chi connectivity index (χ1v) is 7.72. The third kappa shape index (κ3) is 2.38. The molecule has 0 aliphatic heterocycles. The van der Waals surface area contributed by atoms with Crippen LogP contribution in [0.1, 0.15) is 22.1 Å². The van der Waals surface area contributed by atoms with Crippen molar-refractivity contribution >= 4 is 44.6 Å². The summed E-state index contributed by atoms with van der Waals surface area (Å²) in [7, 11) is 0. The number of halogens is 2. The van der Waals surface area contributed by atoms with Crippen LogP contribution >= 0.6 is 34.5 Å². The van der Waals surface area contributed by atoms with Crippen molar-refractivity contribution < 1.29 is 0 Å². The second kappa shape index (κ2) is 5.16. The predicted molar refractivity (Wildman–Crippen MR) is 85.7 cm³/mol. The van der Waals surface area contributed by atoms with Crippen molar-refractivity contribution in [1.82, 2.24) is 0 Å². The highest BCUT2D eigenvalue weighted by molar-refractivity contribution is 7.17. The molecule has 0 radical (unpaired) electrons. The molecule has 3 aromatic rings. The van der Waals surface area contributed by atoms with Gasteiger partial charge >= 0.3 is 0 Å². The highest BCUT2D eigenvalue weighted by atomic mass is 35.5. The number of alkyl halides is 1. The fraction of sp³-hybridized carbons (Fsp3) is 0.125. The Kier molecular flexibility index (Phi) is 3.53. The summed E-state index contributed by atoms with van der Waals surface area (Å²) in [6.45, 7) is 2.00. The lowest BCUT2D eigenvalue weighted by atomic mass is 10.0. The van der Waals surface area contributed by atoms with E-state index in [9.17, 15) is 0 Å². The van der Waals surface area contributed by atoms with Crippen LogP contribution in [0.15, 0.2) is 47.8 Å². The lowest BCUT2D eigenvalue weighted by molar-refractivity contribution is 1.16. The monoisotopic (exact) mass is 306 g/mol. The van der Waals surface area contributed by atoms with Gasteiger partial charge in [0.05, 0.1) is 5.38 Å². The van der Waals surface area contributed by atoms with Gasteiger partial charge in [0.15, 0.2) is 0 Å². The molecule has 1 aromatic heterocycles. The van der Waals surface area contributed by atoms with Gasteiger partial charge in [0, 0.05) is 9.72 Å². The number of benzene rings is 2. The summed E-state index contributed by atoms with van der Waals surface area (Å²) in [6.07, 6.45) is 0. The Morgan fingerprint density at radius 3 is 2.68 bits per heavy atom. The zero-order chi connectivity index (χ0) is 13.4. The third-order valence-electron chi connectivity index (χ3n) is 3.26. The summed E-state index contributed by atoms with van der Waals surface area (Å²) in [6, 6.07) is 14.3. The molecule has 0 aliphatic rings. The summed E-state index contributed by atoms with van der Waals surface area (Å²) < 4.78 is 1.27. The minimum atomic E-state index is -0.132. The fourth-order valence-electron chi connectivity index (χ4n) is 2.20. The number of aryl methyl sites for hydroxylation is 1. The Labute approximate surface area is 126 Å². The van der Waals surface area contributed by atoms with E-state index in [1.807, 2.05) is 19.1 Å². The second-order valence-corrected chi connectivity index (χ2v) is 6.31. The lowest BCUT2D eigenvalue weighted by Crippen LogP contribution is -1.93. The molecule has 0 fully saturated rings. The van der Waals surface area contributed by atoms with Crippen LogP contribution in [0, 0.1) is 6.92 Å². The standard InChI is InChI=1S/C16H12Cl2S/c1-10-8-11(6-7-14(10)17)16(18)13-9-19-15-5-3-2-4-12(13)15/h2-9,16H,1H3. The molecule has 19 heavy (non-hydrogen) atoms. The maximum absolute atomic E-state index is 6.64. The van der Waals surface area contributed by atoms with Gasteiger partial charge in [-0.05, 0) is 46.5 Å². The normalized spacial score (nSPS) is 12.8. The van der Waals surface area contributed by atoms with Crippen LogP contribution in [-0.2, 0) is 0 Å². The molecule has 0 nitrogen and oxygen atoms in total. The molecule has 1 atom stereocenters. The van der Waals surface area contributed by atoms with Crippen molar-refractivity contribution in [2.75, 3.05) is 0 Å². The van der Waals surface area contributed by atoms with E-state index in [2.05, 4.69) is 35.7 Å². The van der Waals surface area contributed by atoms with Crippen LogP contribution in [0.5, 0.6) is 0 Å². The molecule has 2 aromatic carbocycles. The number of hydrogen-bond donors (Lipinski definition) is 0. The van der Waals surface area contributed by atoms with E-state index >= 15 is 0 Å². The SMILES string of the molecule is Cc1cc(C(Cl)c2csc3ccccc23)ccc1Cl. The first-order chi connectivity index (χ1) is 9.16. The van der Waals surface area contributed by atoms with Crippen LogP contribution in [0.25, 0.3) is 10.1 Å². The van der Waals surface area contributed by atoms with E-state index in [1.54, 1.807) is 11.3 Å². The van der Waals surface area contributed by atoms with Crippen molar-refractivity contribution in [3.63, 3.8) is 0 Å². The van der Waals surface area contributed by atoms with E-state index in [0.29, 0.717) is 0 Å². The van der Waals surface area contributed by atoms with Crippen molar-refractivity contribution in [1.29, 1.82) is 0 Å². The van der Waals surface area contributed by atoms with E-state index in [-0.39, 0.29) is 5.38 Å². The van der Waals surface area contributed by atoms with Crippen LogP contribution in [0.2, 0.25) is 5.02 Å². The van der Waals surface area contributed by atoms with Gasteiger partial charge < -0.3 is 0 Å². The lowest BCUT2D eigenvalue weighted by Gasteiger charge is -2.11. The van der Waals surface area contributed by atoms with Gasteiger partial charge in [-0.2, -0.15) is 0 Å². The zero-order valence-electron chi connectivity index (χ0n) is 10.4. The Morgan fingerprint density at radius 1 is 1.11 bits per heavy atom. The number of hydrogen-bond acceptors (Lipinski definition) is 1. The molecule has 1 heterocycles. The average molecular weight is 307 g/mol. The van der Waals surface area contributed by atoms with Crippen LogP contribution in [-0.4, -0.2) is 0 Å². The van der Waals surface area contributed by atoms with Gasteiger partial charge in [-0.3, -0.25) is 0 Å². The van der Waals surface area contributed by atoms with E-state index < -0.39 is 0 Å². The molecular weight excluding hydrogens is 295 g/mol. The van der Waals surface area contributed by atoms with Crippen LogP contribution < -0.4 is 0 Å². The smallest absolute Gasteiger partial charge is 0.0849 e. The highest BCUT2D eigenvalue weighted by Crippen LogP contribution is 2.38. The molecule has 3 rings (SSSR count). The Hall–Kier alpha value is -1.02. The molecule has 0 bridgehead atoms. The maximum atomic E-state index is 6.64. The molecule has 1 unspecified atom stereocenters. The fourth-order valence-corrected chi connectivity index (χ4v) is 3.70. The molecule has 0 saturated heterocycles. The average Bonchev–Trinajstić information content (AvgIpc) is 2.85.